The van der Waals surface area contributed by atoms with Gasteiger partial charge in [-0.25, -0.2) is 4.98 Å². The highest BCUT2D eigenvalue weighted by Gasteiger charge is 2.03. The van der Waals surface area contributed by atoms with E-state index in [2.05, 4.69) is 16.2 Å². The summed E-state index contributed by atoms with van der Waals surface area (Å²) in [6.07, 6.45) is 5.26. The zero-order chi connectivity index (χ0) is 9.68. The van der Waals surface area contributed by atoms with E-state index >= 15 is 0 Å². The molecule has 4 heteroatoms. The van der Waals surface area contributed by atoms with Gasteiger partial charge in [-0.3, -0.25) is 0 Å². The van der Waals surface area contributed by atoms with E-state index in [0.717, 1.165) is 22.2 Å². The van der Waals surface area contributed by atoms with Crippen LogP contribution in [0.2, 0.25) is 0 Å². The molecular formula is C9H12N2OS. The van der Waals surface area contributed by atoms with Crippen molar-refractivity contribution in [3.05, 3.63) is 10.6 Å². The summed E-state index contributed by atoms with van der Waals surface area (Å²) in [4.78, 5) is 5.29. The van der Waals surface area contributed by atoms with Gasteiger partial charge in [0.1, 0.15) is 5.69 Å². The maximum absolute atomic E-state index is 5.26. The van der Waals surface area contributed by atoms with E-state index in [9.17, 15) is 0 Å². The second kappa shape index (κ2) is 4.85. The summed E-state index contributed by atoms with van der Waals surface area (Å²) >= 11 is 1.57. The lowest BCUT2D eigenvalue weighted by atomic mass is 10.4. The number of thiazole rings is 1. The van der Waals surface area contributed by atoms with Gasteiger partial charge in [0.05, 0.1) is 6.61 Å². The maximum atomic E-state index is 5.26. The van der Waals surface area contributed by atoms with Crippen molar-refractivity contribution in [2.24, 2.45) is 0 Å². The minimum atomic E-state index is 0.671. The molecule has 1 aromatic heterocycles. The molecule has 0 bridgehead atoms. The van der Waals surface area contributed by atoms with Crippen molar-refractivity contribution in [1.82, 2.24) is 4.98 Å². The molecule has 0 amide bonds. The Bertz CT molecular complexity index is 314. The summed E-state index contributed by atoms with van der Waals surface area (Å²) in [5.74, 6) is 2.53. The van der Waals surface area contributed by atoms with Gasteiger partial charge in [-0.2, -0.15) is 0 Å². The third-order valence-electron chi connectivity index (χ3n) is 1.52. The molecule has 0 saturated carbocycles. The van der Waals surface area contributed by atoms with Crippen LogP contribution in [0.5, 0.6) is 0 Å². The Morgan fingerprint density at radius 2 is 2.46 bits per heavy atom. The SMILES string of the molecule is C#Cc1nc(NCCOC)sc1C. The number of terminal acetylenes is 1. The normalized spacial score (nSPS) is 9.62. The third-order valence-corrected chi connectivity index (χ3v) is 2.44. The molecule has 0 atom stereocenters. The van der Waals surface area contributed by atoms with E-state index in [-0.39, 0.29) is 0 Å². The second-order valence-electron chi connectivity index (χ2n) is 2.49. The highest BCUT2D eigenvalue weighted by molar-refractivity contribution is 7.15. The van der Waals surface area contributed by atoms with Crippen molar-refractivity contribution in [1.29, 1.82) is 0 Å². The first-order valence-electron chi connectivity index (χ1n) is 3.94. The summed E-state index contributed by atoms with van der Waals surface area (Å²) in [5, 5.41) is 3.99. The molecule has 1 heterocycles. The van der Waals surface area contributed by atoms with E-state index in [4.69, 9.17) is 11.2 Å². The molecule has 0 radical (unpaired) electrons. The fourth-order valence-corrected chi connectivity index (χ4v) is 1.67. The molecule has 0 aliphatic rings. The van der Waals surface area contributed by atoms with E-state index < -0.39 is 0 Å². The number of aromatic nitrogens is 1. The maximum Gasteiger partial charge on any atom is 0.184 e. The van der Waals surface area contributed by atoms with E-state index in [1.165, 1.54) is 0 Å². The Balaban J connectivity index is 2.54. The quantitative estimate of drug-likeness (QED) is 0.585. The highest BCUT2D eigenvalue weighted by atomic mass is 32.1. The zero-order valence-electron chi connectivity index (χ0n) is 7.76. The van der Waals surface area contributed by atoms with Crippen LogP contribution in [0.15, 0.2) is 0 Å². The van der Waals surface area contributed by atoms with Gasteiger partial charge < -0.3 is 10.1 Å². The molecule has 0 spiro atoms. The number of nitrogens with zero attached hydrogens (tertiary/aromatic N) is 1. The molecule has 0 aromatic carbocycles. The van der Waals surface area contributed by atoms with Crippen molar-refractivity contribution in [3.8, 4) is 12.3 Å². The Hall–Kier alpha value is -1.05. The Labute approximate surface area is 82.1 Å². The minimum absolute atomic E-state index is 0.671. The monoisotopic (exact) mass is 196 g/mol. The third kappa shape index (κ3) is 2.72. The fraction of sp³-hybridized carbons (Fsp3) is 0.444. The topological polar surface area (TPSA) is 34.2 Å². The highest BCUT2D eigenvalue weighted by Crippen LogP contribution is 2.20. The van der Waals surface area contributed by atoms with Crippen LogP contribution in [0.4, 0.5) is 5.13 Å². The first kappa shape index (κ1) is 10.0. The average Bonchev–Trinajstić information content (AvgIpc) is 2.47. The van der Waals surface area contributed by atoms with E-state index in [1.54, 1.807) is 18.4 Å². The van der Waals surface area contributed by atoms with Crippen molar-refractivity contribution >= 4 is 16.5 Å². The molecule has 1 aromatic rings. The van der Waals surface area contributed by atoms with Crippen LogP contribution in [-0.4, -0.2) is 25.2 Å². The fourth-order valence-electron chi connectivity index (χ4n) is 0.866. The van der Waals surface area contributed by atoms with Gasteiger partial charge >= 0.3 is 0 Å². The number of anilines is 1. The van der Waals surface area contributed by atoms with Crippen molar-refractivity contribution in [3.63, 3.8) is 0 Å². The molecule has 0 fully saturated rings. The second-order valence-corrected chi connectivity index (χ2v) is 3.69. The van der Waals surface area contributed by atoms with Gasteiger partial charge in [0.2, 0.25) is 0 Å². The molecule has 1 rings (SSSR count). The zero-order valence-corrected chi connectivity index (χ0v) is 8.57. The summed E-state index contributed by atoms with van der Waals surface area (Å²) < 4.78 is 4.90. The average molecular weight is 196 g/mol. The predicted octanol–water partition coefficient (Wildman–Crippen LogP) is 1.49. The number of hydrogen-bond donors (Lipinski definition) is 1. The number of hydrogen-bond acceptors (Lipinski definition) is 4. The number of ether oxygens (including phenoxy) is 1. The number of aryl methyl sites for hydroxylation is 1. The molecule has 3 nitrogen and oxygen atoms in total. The van der Waals surface area contributed by atoms with Crippen molar-refractivity contribution < 1.29 is 4.74 Å². The van der Waals surface area contributed by atoms with E-state index in [1.807, 2.05) is 6.92 Å². The predicted molar refractivity (Wildman–Crippen MR) is 55.2 cm³/mol. The molecule has 70 valence electrons. The van der Waals surface area contributed by atoms with Crippen LogP contribution >= 0.6 is 11.3 Å². The summed E-state index contributed by atoms with van der Waals surface area (Å²) in [7, 11) is 1.67. The smallest absolute Gasteiger partial charge is 0.184 e. The van der Waals surface area contributed by atoms with Crippen LogP contribution < -0.4 is 5.32 Å². The number of nitrogens with one attached hydrogen (secondary N) is 1. The number of methoxy groups -OCH3 is 1. The lowest BCUT2D eigenvalue weighted by molar-refractivity contribution is 0.211. The summed E-state index contributed by atoms with van der Waals surface area (Å²) in [5.41, 5.74) is 0.727. The van der Waals surface area contributed by atoms with Gasteiger partial charge in [0.25, 0.3) is 0 Å². The van der Waals surface area contributed by atoms with Crippen molar-refractivity contribution in [2.75, 3.05) is 25.6 Å². The molecular weight excluding hydrogens is 184 g/mol. The first-order valence-corrected chi connectivity index (χ1v) is 4.76. The molecule has 0 aliphatic heterocycles. The Morgan fingerprint density at radius 1 is 1.69 bits per heavy atom. The van der Waals surface area contributed by atoms with E-state index in [0.29, 0.717) is 6.61 Å². The standard InChI is InChI=1S/C9H12N2OS/c1-4-8-7(2)13-9(11-8)10-5-6-12-3/h1H,5-6H2,2-3H3,(H,10,11). The Kier molecular flexibility index (Phi) is 3.74. The molecule has 0 unspecified atom stereocenters. The largest absolute Gasteiger partial charge is 0.383 e. The van der Waals surface area contributed by atoms with Crippen LogP contribution in [0.25, 0.3) is 0 Å². The van der Waals surface area contributed by atoms with Crippen LogP contribution in [0.1, 0.15) is 10.6 Å². The van der Waals surface area contributed by atoms with Gasteiger partial charge in [0.15, 0.2) is 5.13 Å². The molecule has 0 saturated heterocycles. The van der Waals surface area contributed by atoms with Crippen LogP contribution in [-0.2, 0) is 4.74 Å². The summed E-state index contributed by atoms with van der Waals surface area (Å²) in [6.45, 7) is 3.39. The lowest BCUT2D eigenvalue weighted by Crippen LogP contribution is -2.07. The first-order chi connectivity index (χ1) is 6.27. The van der Waals surface area contributed by atoms with Crippen LogP contribution in [0.3, 0.4) is 0 Å². The summed E-state index contributed by atoms with van der Waals surface area (Å²) in [6, 6.07) is 0. The van der Waals surface area contributed by atoms with Gasteiger partial charge in [-0.05, 0) is 12.8 Å². The van der Waals surface area contributed by atoms with Gasteiger partial charge in [-0.15, -0.1) is 17.8 Å². The lowest BCUT2D eigenvalue weighted by Gasteiger charge is -1.99. The molecule has 13 heavy (non-hydrogen) atoms. The minimum Gasteiger partial charge on any atom is -0.383 e. The molecule has 0 aliphatic carbocycles. The molecule has 1 N–H and O–H groups in total. The Morgan fingerprint density at radius 3 is 3.00 bits per heavy atom. The van der Waals surface area contributed by atoms with Crippen molar-refractivity contribution in [2.45, 2.75) is 6.92 Å². The van der Waals surface area contributed by atoms with Crippen LogP contribution in [0, 0.1) is 19.3 Å². The number of rotatable bonds is 4. The van der Waals surface area contributed by atoms with Gasteiger partial charge in [-0.1, -0.05) is 0 Å². The van der Waals surface area contributed by atoms with Gasteiger partial charge in [0, 0.05) is 18.5 Å².